The Balaban J connectivity index is 1.91. The number of benzene rings is 1. The maximum absolute atomic E-state index is 11.9. The van der Waals surface area contributed by atoms with Gasteiger partial charge in [0.05, 0.1) is 11.6 Å². The van der Waals surface area contributed by atoms with Gasteiger partial charge in [-0.1, -0.05) is 0 Å². The van der Waals surface area contributed by atoms with Crippen LogP contribution < -0.4 is 16.0 Å². The van der Waals surface area contributed by atoms with Gasteiger partial charge in [-0.05, 0) is 57.1 Å². The van der Waals surface area contributed by atoms with E-state index in [2.05, 4.69) is 22.9 Å². The quantitative estimate of drug-likeness (QED) is 0.757. The average Bonchev–Trinajstić information content (AvgIpc) is 2.39. The second kappa shape index (κ2) is 5.72. The number of amides is 2. The van der Waals surface area contributed by atoms with Crippen LogP contribution in [-0.4, -0.2) is 24.7 Å². The van der Waals surface area contributed by atoms with Crippen LogP contribution in [0, 0.1) is 11.3 Å². The summed E-state index contributed by atoms with van der Waals surface area (Å²) < 4.78 is 0. The van der Waals surface area contributed by atoms with Crippen molar-refractivity contribution in [1.29, 1.82) is 5.26 Å². The van der Waals surface area contributed by atoms with E-state index in [-0.39, 0.29) is 11.6 Å². The van der Waals surface area contributed by atoms with Crippen LogP contribution in [0.15, 0.2) is 24.3 Å². The molecule has 1 saturated heterocycles. The van der Waals surface area contributed by atoms with Gasteiger partial charge in [0.1, 0.15) is 0 Å². The number of anilines is 1. The Morgan fingerprint density at radius 3 is 2.53 bits per heavy atom. The minimum absolute atomic E-state index is 0.151. The van der Waals surface area contributed by atoms with E-state index in [1.54, 1.807) is 24.3 Å². The summed E-state index contributed by atoms with van der Waals surface area (Å²) in [6, 6.07) is 8.66. The topological polar surface area (TPSA) is 77.0 Å². The summed E-state index contributed by atoms with van der Waals surface area (Å²) in [5.41, 5.74) is 1.12. The Labute approximate surface area is 113 Å². The predicted molar refractivity (Wildman–Crippen MR) is 73.8 cm³/mol. The van der Waals surface area contributed by atoms with Gasteiger partial charge < -0.3 is 16.0 Å². The fourth-order valence-electron chi connectivity index (χ4n) is 2.17. The molecule has 100 valence electrons. The van der Waals surface area contributed by atoms with Crippen molar-refractivity contribution in [3.63, 3.8) is 0 Å². The van der Waals surface area contributed by atoms with Crippen LogP contribution in [-0.2, 0) is 0 Å². The van der Waals surface area contributed by atoms with E-state index in [1.165, 1.54) is 0 Å². The molecule has 3 N–H and O–H groups in total. The Hall–Kier alpha value is -2.06. The molecular formula is C14H18N4O. The third kappa shape index (κ3) is 3.70. The SMILES string of the molecule is CC1(NC(=O)Nc2ccc(C#N)cc2)CCNCC1. The first kappa shape index (κ1) is 13.4. The van der Waals surface area contributed by atoms with Crippen LogP contribution >= 0.6 is 0 Å². The molecule has 0 aliphatic carbocycles. The maximum Gasteiger partial charge on any atom is 0.319 e. The second-order valence-electron chi connectivity index (χ2n) is 5.08. The van der Waals surface area contributed by atoms with Gasteiger partial charge in [-0.25, -0.2) is 4.79 Å². The zero-order chi connectivity index (χ0) is 13.7. The average molecular weight is 258 g/mol. The number of rotatable bonds is 2. The number of hydrogen-bond donors (Lipinski definition) is 3. The number of piperidine rings is 1. The molecule has 5 nitrogen and oxygen atoms in total. The van der Waals surface area contributed by atoms with Crippen molar-refractivity contribution in [1.82, 2.24) is 10.6 Å². The van der Waals surface area contributed by atoms with Crippen LogP contribution in [0.25, 0.3) is 0 Å². The summed E-state index contributed by atoms with van der Waals surface area (Å²) >= 11 is 0. The molecule has 1 aromatic carbocycles. The molecule has 0 unspecified atom stereocenters. The lowest BCUT2D eigenvalue weighted by Gasteiger charge is -2.34. The first-order valence-electron chi connectivity index (χ1n) is 6.41. The summed E-state index contributed by atoms with van der Waals surface area (Å²) in [4.78, 5) is 11.9. The molecule has 0 atom stereocenters. The fraction of sp³-hybridized carbons (Fsp3) is 0.429. The van der Waals surface area contributed by atoms with E-state index in [0.717, 1.165) is 25.9 Å². The lowest BCUT2D eigenvalue weighted by atomic mass is 9.91. The number of carbonyl (C=O) groups excluding carboxylic acids is 1. The summed E-state index contributed by atoms with van der Waals surface area (Å²) in [5.74, 6) is 0. The molecule has 0 spiro atoms. The van der Waals surface area contributed by atoms with Gasteiger partial charge in [-0.15, -0.1) is 0 Å². The zero-order valence-corrected chi connectivity index (χ0v) is 11.0. The van der Waals surface area contributed by atoms with Gasteiger partial charge >= 0.3 is 6.03 Å². The van der Waals surface area contributed by atoms with E-state index in [9.17, 15) is 4.79 Å². The van der Waals surface area contributed by atoms with E-state index >= 15 is 0 Å². The highest BCUT2D eigenvalue weighted by atomic mass is 16.2. The van der Waals surface area contributed by atoms with E-state index in [4.69, 9.17) is 5.26 Å². The van der Waals surface area contributed by atoms with Crippen molar-refractivity contribution >= 4 is 11.7 Å². The molecule has 5 heteroatoms. The summed E-state index contributed by atoms with van der Waals surface area (Å²) in [6.45, 7) is 3.91. The van der Waals surface area contributed by atoms with Gasteiger partial charge in [0.25, 0.3) is 0 Å². The summed E-state index contributed by atoms with van der Waals surface area (Å²) in [5, 5.41) is 17.8. The number of nitrogens with one attached hydrogen (secondary N) is 3. The normalized spacial score (nSPS) is 17.3. The Bertz CT molecular complexity index is 483. The Kier molecular flexibility index (Phi) is 4.03. The third-order valence-electron chi connectivity index (χ3n) is 3.39. The van der Waals surface area contributed by atoms with E-state index < -0.39 is 0 Å². The largest absolute Gasteiger partial charge is 0.333 e. The van der Waals surface area contributed by atoms with Gasteiger partial charge in [-0.2, -0.15) is 5.26 Å². The zero-order valence-electron chi connectivity index (χ0n) is 11.0. The number of carbonyl (C=O) groups is 1. The van der Waals surface area contributed by atoms with Crippen molar-refractivity contribution in [2.75, 3.05) is 18.4 Å². The lowest BCUT2D eigenvalue weighted by Crippen LogP contribution is -2.53. The Morgan fingerprint density at radius 2 is 1.95 bits per heavy atom. The highest BCUT2D eigenvalue weighted by molar-refractivity contribution is 5.89. The molecule has 1 aliphatic heterocycles. The first-order valence-corrected chi connectivity index (χ1v) is 6.41. The summed E-state index contributed by atoms with van der Waals surface area (Å²) in [7, 11) is 0. The number of urea groups is 1. The molecule has 1 fully saturated rings. The highest BCUT2D eigenvalue weighted by Gasteiger charge is 2.28. The van der Waals surface area contributed by atoms with Gasteiger partial charge in [0.2, 0.25) is 0 Å². The molecule has 0 saturated carbocycles. The molecular weight excluding hydrogens is 240 g/mol. The van der Waals surface area contributed by atoms with Gasteiger partial charge in [-0.3, -0.25) is 0 Å². The molecule has 2 amide bonds. The molecule has 1 heterocycles. The van der Waals surface area contributed by atoms with Crippen LogP contribution in [0.4, 0.5) is 10.5 Å². The maximum atomic E-state index is 11.9. The second-order valence-corrected chi connectivity index (χ2v) is 5.08. The summed E-state index contributed by atoms with van der Waals surface area (Å²) in [6.07, 6.45) is 1.85. The Morgan fingerprint density at radius 1 is 1.32 bits per heavy atom. The van der Waals surface area contributed by atoms with Crippen LogP contribution in [0.3, 0.4) is 0 Å². The fourth-order valence-corrected chi connectivity index (χ4v) is 2.17. The van der Waals surface area contributed by atoms with Crippen molar-refractivity contribution in [2.24, 2.45) is 0 Å². The van der Waals surface area contributed by atoms with E-state index in [0.29, 0.717) is 11.3 Å². The third-order valence-corrected chi connectivity index (χ3v) is 3.39. The number of nitrogens with zero attached hydrogens (tertiary/aromatic N) is 1. The van der Waals surface area contributed by atoms with Crippen molar-refractivity contribution in [3.05, 3.63) is 29.8 Å². The lowest BCUT2D eigenvalue weighted by molar-refractivity contribution is 0.225. The molecule has 19 heavy (non-hydrogen) atoms. The minimum atomic E-state index is -0.200. The van der Waals surface area contributed by atoms with Gasteiger partial charge in [0.15, 0.2) is 0 Å². The predicted octanol–water partition coefficient (Wildman–Crippen LogP) is 1.82. The molecule has 1 aromatic rings. The molecule has 0 radical (unpaired) electrons. The number of nitriles is 1. The number of hydrogen-bond acceptors (Lipinski definition) is 3. The highest BCUT2D eigenvalue weighted by Crippen LogP contribution is 2.17. The van der Waals surface area contributed by atoms with Crippen molar-refractivity contribution in [2.45, 2.75) is 25.3 Å². The molecule has 2 rings (SSSR count). The van der Waals surface area contributed by atoms with E-state index in [1.807, 2.05) is 6.07 Å². The minimum Gasteiger partial charge on any atom is -0.333 e. The molecule has 1 aliphatic rings. The van der Waals surface area contributed by atoms with Crippen molar-refractivity contribution < 1.29 is 4.79 Å². The standard InChI is InChI=1S/C14H18N4O/c1-14(6-8-16-9-7-14)18-13(19)17-12-4-2-11(10-15)3-5-12/h2-5,16H,6-9H2,1H3,(H2,17,18,19). The van der Waals surface area contributed by atoms with Crippen LogP contribution in [0.2, 0.25) is 0 Å². The van der Waals surface area contributed by atoms with Crippen LogP contribution in [0.1, 0.15) is 25.3 Å². The molecule has 0 bridgehead atoms. The van der Waals surface area contributed by atoms with Gasteiger partial charge in [0, 0.05) is 11.2 Å². The van der Waals surface area contributed by atoms with Crippen LogP contribution in [0.5, 0.6) is 0 Å². The van der Waals surface area contributed by atoms with Crippen molar-refractivity contribution in [3.8, 4) is 6.07 Å². The smallest absolute Gasteiger partial charge is 0.319 e. The first-order chi connectivity index (χ1) is 9.11. The molecule has 0 aromatic heterocycles. The monoisotopic (exact) mass is 258 g/mol.